The molecule has 1 aliphatic heterocycles. The molecule has 8 heteroatoms. The van der Waals surface area contributed by atoms with E-state index in [4.69, 9.17) is 0 Å². The number of fused-ring (bicyclic) bond motifs is 1. The van der Waals surface area contributed by atoms with Crippen LogP contribution in [0.3, 0.4) is 0 Å². The molecule has 1 aromatic carbocycles. The number of aromatic nitrogens is 2. The van der Waals surface area contributed by atoms with Gasteiger partial charge in [-0.25, -0.2) is 13.1 Å². The Balaban J connectivity index is 1.73. The molecule has 22 heavy (non-hydrogen) atoms. The van der Waals surface area contributed by atoms with Crippen LogP contribution in [0.1, 0.15) is 26.2 Å². The zero-order chi connectivity index (χ0) is 15.6. The number of nitrogens with one attached hydrogen (secondary N) is 1. The molecule has 0 amide bonds. The van der Waals surface area contributed by atoms with E-state index in [1.807, 2.05) is 0 Å². The van der Waals surface area contributed by atoms with Gasteiger partial charge < -0.3 is 4.90 Å². The van der Waals surface area contributed by atoms with E-state index in [0.29, 0.717) is 11.0 Å². The van der Waals surface area contributed by atoms with Crippen LogP contribution in [0, 0.1) is 0 Å². The summed E-state index contributed by atoms with van der Waals surface area (Å²) in [6, 6.07) is 5.08. The quantitative estimate of drug-likeness (QED) is 0.899. The van der Waals surface area contributed by atoms with Crippen LogP contribution in [0.4, 0.5) is 0 Å². The standard InChI is InChI=1S/C14H20N4O2S2/c1-2-8-18-9-6-11(7-10-18)17-22(19,20)13-5-3-4-12-14(13)16-21-15-12/h3-5,11,17H,2,6-10H2,1H3. The minimum atomic E-state index is -3.55. The van der Waals surface area contributed by atoms with Crippen molar-refractivity contribution in [3.05, 3.63) is 18.2 Å². The third-order valence-corrected chi connectivity index (χ3v) is 6.08. The van der Waals surface area contributed by atoms with E-state index >= 15 is 0 Å². The van der Waals surface area contributed by atoms with Crippen LogP contribution in [-0.2, 0) is 10.0 Å². The third kappa shape index (κ3) is 3.29. The van der Waals surface area contributed by atoms with Crippen molar-refractivity contribution < 1.29 is 8.42 Å². The minimum absolute atomic E-state index is 0.0000397. The lowest BCUT2D eigenvalue weighted by molar-refractivity contribution is 0.208. The lowest BCUT2D eigenvalue weighted by Gasteiger charge is -2.31. The number of likely N-dealkylation sites (tertiary alicyclic amines) is 1. The summed E-state index contributed by atoms with van der Waals surface area (Å²) in [6.07, 6.45) is 2.84. The van der Waals surface area contributed by atoms with Gasteiger partial charge in [-0.15, -0.1) is 0 Å². The van der Waals surface area contributed by atoms with E-state index in [1.54, 1.807) is 18.2 Å². The van der Waals surface area contributed by atoms with Crippen LogP contribution in [0.15, 0.2) is 23.1 Å². The first-order valence-corrected chi connectivity index (χ1v) is 9.77. The highest BCUT2D eigenvalue weighted by Gasteiger charge is 2.26. The Morgan fingerprint density at radius 2 is 2.09 bits per heavy atom. The second-order valence-electron chi connectivity index (χ2n) is 5.63. The molecular weight excluding hydrogens is 320 g/mol. The highest BCUT2D eigenvalue weighted by atomic mass is 32.2. The Morgan fingerprint density at radius 3 is 2.82 bits per heavy atom. The number of hydrogen-bond acceptors (Lipinski definition) is 6. The molecule has 0 bridgehead atoms. The van der Waals surface area contributed by atoms with E-state index < -0.39 is 10.0 Å². The Kier molecular flexibility index (Phi) is 4.72. The van der Waals surface area contributed by atoms with Crippen molar-refractivity contribution in [2.45, 2.75) is 37.1 Å². The predicted octanol–water partition coefficient (Wildman–Crippen LogP) is 1.84. The maximum atomic E-state index is 12.6. The lowest BCUT2D eigenvalue weighted by Crippen LogP contribution is -2.44. The highest BCUT2D eigenvalue weighted by Crippen LogP contribution is 2.22. The van der Waals surface area contributed by atoms with Gasteiger partial charge in [0.05, 0.1) is 11.7 Å². The van der Waals surface area contributed by atoms with Crippen molar-refractivity contribution in [3.8, 4) is 0 Å². The van der Waals surface area contributed by atoms with E-state index in [-0.39, 0.29) is 10.9 Å². The van der Waals surface area contributed by atoms with Gasteiger partial charge in [0.2, 0.25) is 10.0 Å². The molecule has 1 fully saturated rings. The van der Waals surface area contributed by atoms with E-state index in [2.05, 4.69) is 25.3 Å². The van der Waals surface area contributed by atoms with E-state index in [0.717, 1.165) is 50.6 Å². The molecular formula is C14H20N4O2S2. The second-order valence-corrected chi connectivity index (χ2v) is 7.84. The molecule has 1 N–H and O–H groups in total. The topological polar surface area (TPSA) is 75.2 Å². The lowest BCUT2D eigenvalue weighted by atomic mass is 10.1. The molecule has 3 rings (SSSR count). The maximum absolute atomic E-state index is 12.6. The van der Waals surface area contributed by atoms with Crippen LogP contribution in [0.25, 0.3) is 11.0 Å². The number of benzene rings is 1. The molecule has 1 saturated heterocycles. The average Bonchev–Trinajstić information content (AvgIpc) is 2.97. The van der Waals surface area contributed by atoms with Gasteiger partial charge in [0.15, 0.2) is 0 Å². The summed E-state index contributed by atoms with van der Waals surface area (Å²) in [4.78, 5) is 2.62. The largest absolute Gasteiger partial charge is 0.303 e. The predicted molar refractivity (Wildman–Crippen MR) is 87.5 cm³/mol. The highest BCUT2D eigenvalue weighted by molar-refractivity contribution is 7.89. The Hall–Kier alpha value is -1.09. The normalized spacial score (nSPS) is 18.0. The summed E-state index contributed by atoms with van der Waals surface area (Å²) in [5.74, 6) is 0. The van der Waals surface area contributed by atoms with Crippen molar-refractivity contribution in [2.24, 2.45) is 0 Å². The van der Waals surface area contributed by atoms with Crippen molar-refractivity contribution in [1.29, 1.82) is 0 Å². The smallest absolute Gasteiger partial charge is 0.243 e. The second kappa shape index (κ2) is 6.57. The first-order valence-electron chi connectivity index (χ1n) is 7.56. The van der Waals surface area contributed by atoms with Gasteiger partial charge in [-0.1, -0.05) is 13.0 Å². The first-order chi connectivity index (χ1) is 10.6. The Bertz CT molecular complexity index is 736. The molecule has 0 unspecified atom stereocenters. The first kappa shape index (κ1) is 15.8. The maximum Gasteiger partial charge on any atom is 0.243 e. The van der Waals surface area contributed by atoms with Gasteiger partial charge in [0.25, 0.3) is 0 Å². The van der Waals surface area contributed by atoms with Gasteiger partial charge in [-0.2, -0.15) is 8.75 Å². The fourth-order valence-electron chi connectivity index (χ4n) is 2.87. The molecule has 1 aliphatic rings. The van der Waals surface area contributed by atoms with Crippen LogP contribution in [-0.4, -0.2) is 47.7 Å². The number of rotatable bonds is 5. The van der Waals surface area contributed by atoms with E-state index in [9.17, 15) is 8.42 Å². The summed E-state index contributed by atoms with van der Waals surface area (Å²) < 4.78 is 36.3. The fraction of sp³-hybridized carbons (Fsp3) is 0.571. The monoisotopic (exact) mass is 340 g/mol. The molecule has 0 radical (unpaired) electrons. The fourth-order valence-corrected chi connectivity index (χ4v) is 4.94. The third-order valence-electron chi connectivity index (χ3n) is 3.99. The van der Waals surface area contributed by atoms with Crippen molar-refractivity contribution >= 4 is 32.8 Å². The van der Waals surface area contributed by atoms with Crippen LogP contribution in [0.5, 0.6) is 0 Å². The average molecular weight is 340 g/mol. The summed E-state index contributed by atoms with van der Waals surface area (Å²) in [5.41, 5.74) is 1.09. The van der Waals surface area contributed by atoms with Gasteiger partial charge >= 0.3 is 0 Å². The molecule has 0 atom stereocenters. The van der Waals surface area contributed by atoms with Crippen LogP contribution < -0.4 is 4.72 Å². The Labute approximate surface area is 134 Å². The minimum Gasteiger partial charge on any atom is -0.303 e. The van der Waals surface area contributed by atoms with Gasteiger partial charge in [-0.05, 0) is 51.0 Å². The molecule has 0 aliphatic carbocycles. The van der Waals surface area contributed by atoms with Crippen molar-refractivity contribution in [2.75, 3.05) is 19.6 Å². The summed E-state index contributed by atoms with van der Waals surface area (Å²) >= 11 is 1.04. The van der Waals surface area contributed by atoms with Crippen molar-refractivity contribution in [1.82, 2.24) is 18.4 Å². The summed E-state index contributed by atoms with van der Waals surface area (Å²) in [7, 11) is -3.55. The number of hydrogen-bond donors (Lipinski definition) is 1. The van der Waals surface area contributed by atoms with Crippen molar-refractivity contribution in [3.63, 3.8) is 0 Å². The SMILES string of the molecule is CCCN1CCC(NS(=O)(=O)c2cccc3nsnc23)CC1. The summed E-state index contributed by atoms with van der Waals surface area (Å²) in [6.45, 7) is 5.15. The molecule has 0 spiro atoms. The van der Waals surface area contributed by atoms with Crippen LogP contribution in [0.2, 0.25) is 0 Å². The number of sulfonamides is 1. The zero-order valence-electron chi connectivity index (χ0n) is 12.5. The summed E-state index contributed by atoms with van der Waals surface area (Å²) in [5, 5.41) is 0. The molecule has 120 valence electrons. The van der Waals surface area contributed by atoms with E-state index in [1.165, 1.54) is 0 Å². The zero-order valence-corrected chi connectivity index (χ0v) is 14.2. The van der Waals surface area contributed by atoms with Gasteiger partial charge in [-0.3, -0.25) is 0 Å². The van der Waals surface area contributed by atoms with Crippen LogP contribution >= 0.6 is 11.7 Å². The van der Waals surface area contributed by atoms with Gasteiger partial charge in [0.1, 0.15) is 15.9 Å². The molecule has 2 aromatic rings. The molecule has 0 saturated carbocycles. The molecule has 1 aromatic heterocycles. The molecule has 6 nitrogen and oxygen atoms in total. The molecule has 2 heterocycles. The number of piperidine rings is 1. The van der Waals surface area contributed by atoms with Gasteiger partial charge in [0, 0.05) is 6.04 Å². The Morgan fingerprint density at radius 1 is 1.32 bits per heavy atom. The number of nitrogens with zero attached hydrogens (tertiary/aromatic N) is 3.